The number of methoxy groups -OCH3 is 1. The lowest BCUT2D eigenvalue weighted by Gasteiger charge is -2.13. The molecule has 0 atom stereocenters. The third-order valence-electron chi connectivity index (χ3n) is 5.19. The summed E-state index contributed by atoms with van der Waals surface area (Å²) in [6, 6.07) is 19.0. The second-order valence-electron chi connectivity index (χ2n) is 7.34. The molecule has 1 amide bonds. The highest BCUT2D eigenvalue weighted by Gasteiger charge is 2.16. The number of imidazole rings is 1. The number of rotatable bonds is 5. The van der Waals surface area contributed by atoms with E-state index in [2.05, 4.69) is 5.32 Å². The Balaban J connectivity index is 1.78. The van der Waals surface area contributed by atoms with E-state index in [1.54, 1.807) is 36.4 Å². The fourth-order valence-electron chi connectivity index (χ4n) is 3.46. The van der Waals surface area contributed by atoms with Gasteiger partial charge < -0.3 is 10.1 Å². The maximum absolute atomic E-state index is 12.9. The zero-order valence-electron chi connectivity index (χ0n) is 17.8. The summed E-state index contributed by atoms with van der Waals surface area (Å²) in [5, 5.41) is 3.04. The van der Waals surface area contributed by atoms with Gasteiger partial charge in [-0.1, -0.05) is 29.5 Å². The molecule has 4 rings (SSSR count). The molecule has 1 N–H and O–H groups in total. The molecule has 4 aromatic rings. The smallest absolute Gasteiger partial charge is 0.328 e. The maximum atomic E-state index is 12.9. The highest BCUT2D eigenvalue weighted by molar-refractivity contribution is 7.99. The highest BCUT2D eigenvalue weighted by atomic mass is 32.2. The van der Waals surface area contributed by atoms with Crippen LogP contribution in [0.3, 0.4) is 0 Å². The van der Waals surface area contributed by atoms with Gasteiger partial charge in [0, 0.05) is 29.4 Å². The van der Waals surface area contributed by atoms with Crippen molar-refractivity contribution in [3.8, 4) is 5.75 Å². The molecule has 1 aromatic heterocycles. The van der Waals surface area contributed by atoms with Crippen LogP contribution in [0.2, 0.25) is 0 Å². The fourth-order valence-corrected chi connectivity index (χ4v) is 4.38. The first kappa shape index (κ1) is 20.8. The highest BCUT2D eigenvalue weighted by Crippen LogP contribution is 2.37. The second kappa shape index (κ2) is 8.35. The minimum atomic E-state index is -0.194. The van der Waals surface area contributed by atoms with Gasteiger partial charge in [-0.25, -0.2) is 4.79 Å². The van der Waals surface area contributed by atoms with Crippen LogP contribution >= 0.6 is 11.8 Å². The molecule has 0 saturated carbocycles. The van der Waals surface area contributed by atoms with Crippen LogP contribution in [0.5, 0.6) is 5.75 Å². The van der Waals surface area contributed by atoms with Gasteiger partial charge in [-0.3, -0.25) is 13.9 Å². The molecule has 6 nitrogen and oxygen atoms in total. The minimum absolute atomic E-state index is 0.113. The normalized spacial score (nSPS) is 11.0. The summed E-state index contributed by atoms with van der Waals surface area (Å²) in [5.74, 6) is 0.582. The first-order valence-corrected chi connectivity index (χ1v) is 10.6. The van der Waals surface area contributed by atoms with E-state index in [0.29, 0.717) is 11.3 Å². The van der Waals surface area contributed by atoms with E-state index in [1.807, 2.05) is 61.5 Å². The van der Waals surface area contributed by atoms with Crippen LogP contribution in [0.15, 0.2) is 75.2 Å². The Kier molecular flexibility index (Phi) is 5.61. The predicted molar refractivity (Wildman–Crippen MR) is 124 cm³/mol. The van der Waals surface area contributed by atoms with E-state index < -0.39 is 0 Å². The van der Waals surface area contributed by atoms with E-state index in [1.165, 1.54) is 11.8 Å². The SMILES string of the molecule is COc1ccc(Sc2cc3c(cc2NC(=O)c2cccc(C)c2)n(C)c(=O)n3C)cc1. The first-order chi connectivity index (χ1) is 14.9. The molecule has 3 aromatic carbocycles. The van der Waals surface area contributed by atoms with E-state index in [-0.39, 0.29) is 11.6 Å². The molecular weight excluding hydrogens is 410 g/mol. The summed E-state index contributed by atoms with van der Waals surface area (Å²) < 4.78 is 8.43. The Morgan fingerprint density at radius 1 is 0.968 bits per heavy atom. The van der Waals surface area contributed by atoms with E-state index in [4.69, 9.17) is 4.74 Å². The lowest BCUT2D eigenvalue weighted by Crippen LogP contribution is -2.19. The van der Waals surface area contributed by atoms with Crippen molar-refractivity contribution in [3.05, 3.63) is 82.3 Å². The van der Waals surface area contributed by atoms with Gasteiger partial charge in [-0.2, -0.15) is 0 Å². The third-order valence-corrected chi connectivity index (χ3v) is 6.25. The van der Waals surface area contributed by atoms with Crippen molar-refractivity contribution in [2.45, 2.75) is 16.7 Å². The van der Waals surface area contributed by atoms with Crippen molar-refractivity contribution in [2.75, 3.05) is 12.4 Å². The Morgan fingerprint density at radius 3 is 2.29 bits per heavy atom. The number of amides is 1. The fraction of sp³-hybridized carbons (Fsp3) is 0.167. The predicted octanol–water partition coefficient (Wildman–Crippen LogP) is 4.60. The number of anilines is 1. The minimum Gasteiger partial charge on any atom is -0.497 e. The number of fused-ring (bicyclic) bond motifs is 1. The molecule has 0 bridgehead atoms. The summed E-state index contributed by atoms with van der Waals surface area (Å²) in [6.45, 7) is 1.95. The molecule has 158 valence electrons. The number of aryl methyl sites for hydroxylation is 3. The van der Waals surface area contributed by atoms with Crippen LogP contribution in [0.4, 0.5) is 5.69 Å². The molecule has 31 heavy (non-hydrogen) atoms. The number of aromatic nitrogens is 2. The lowest BCUT2D eigenvalue weighted by atomic mass is 10.1. The molecule has 1 heterocycles. The van der Waals surface area contributed by atoms with Gasteiger partial charge in [-0.15, -0.1) is 0 Å². The Morgan fingerprint density at radius 2 is 1.65 bits per heavy atom. The van der Waals surface area contributed by atoms with E-state index in [0.717, 1.165) is 32.1 Å². The van der Waals surface area contributed by atoms with Gasteiger partial charge in [0.1, 0.15) is 5.75 Å². The van der Waals surface area contributed by atoms with Crippen molar-refractivity contribution >= 4 is 34.4 Å². The molecule has 0 fully saturated rings. The van der Waals surface area contributed by atoms with Crippen LogP contribution < -0.4 is 15.7 Å². The average Bonchev–Trinajstić information content (AvgIpc) is 2.98. The number of carbonyl (C=O) groups is 1. The van der Waals surface area contributed by atoms with E-state index in [9.17, 15) is 9.59 Å². The number of benzene rings is 3. The molecule has 0 radical (unpaired) electrons. The van der Waals surface area contributed by atoms with Gasteiger partial charge in [0.25, 0.3) is 5.91 Å². The first-order valence-electron chi connectivity index (χ1n) is 9.77. The molecule has 0 aliphatic rings. The number of hydrogen-bond acceptors (Lipinski definition) is 4. The van der Waals surface area contributed by atoms with E-state index >= 15 is 0 Å². The molecule has 0 aliphatic heterocycles. The van der Waals surface area contributed by atoms with Crippen molar-refractivity contribution in [2.24, 2.45) is 14.1 Å². The summed E-state index contributed by atoms with van der Waals surface area (Å²) in [7, 11) is 5.11. The van der Waals surface area contributed by atoms with Crippen LogP contribution in [0.25, 0.3) is 11.0 Å². The quantitative estimate of drug-likeness (QED) is 0.500. The van der Waals surface area contributed by atoms with Gasteiger partial charge in [0.2, 0.25) is 0 Å². The monoisotopic (exact) mass is 433 g/mol. The van der Waals surface area contributed by atoms with Gasteiger partial charge in [0.05, 0.1) is 23.8 Å². The van der Waals surface area contributed by atoms with Gasteiger partial charge in [0.15, 0.2) is 0 Å². The summed E-state index contributed by atoms with van der Waals surface area (Å²) in [5.41, 5.74) is 3.70. The molecular formula is C24H23N3O3S. The van der Waals surface area contributed by atoms with Crippen molar-refractivity contribution < 1.29 is 9.53 Å². The van der Waals surface area contributed by atoms with Crippen molar-refractivity contribution in [1.82, 2.24) is 9.13 Å². The summed E-state index contributed by atoms with van der Waals surface area (Å²) >= 11 is 1.52. The number of carbonyl (C=O) groups excluding carboxylic acids is 1. The van der Waals surface area contributed by atoms with Crippen molar-refractivity contribution in [3.63, 3.8) is 0 Å². The van der Waals surface area contributed by atoms with Gasteiger partial charge >= 0.3 is 5.69 Å². The second-order valence-corrected chi connectivity index (χ2v) is 8.45. The Bertz CT molecular complexity index is 1340. The van der Waals surface area contributed by atoms with Gasteiger partial charge in [-0.05, 0) is 55.5 Å². The molecule has 0 saturated heterocycles. The Hall–Kier alpha value is -3.45. The molecule has 0 spiro atoms. The Labute approximate surface area is 184 Å². The van der Waals surface area contributed by atoms with Crippen LogP contribution in [0.1, 0.15) is 15.9 Å². The zero-order valence-corrected chi connectivity index (χ0v) is 18.6. The molecule has 0 unspecified atom stereocenters. The number of nitrogens with one attached hydrogen (secondary N) is 1. The standard InChI is InChI=1S/C24H23N3O3S/c1-15-6-5-7-16(12-15)23(28)25-19-13-20-21(27(3)24(29)26(20)2)14-22(19)31-18-10-8-17(30-4)9-11-18/h5-14H,1-4H3,(H,25,28). The van der Waals surface area contributed by atoms with Crippen LogP contribution in [-0.2, 0) is 14.1 Å². The summed E-state index contributed by atoms with van der Waals surface area (Å²) in [6.07, 6.45) is 0. The van der Waals surface area contributed by atoms with Crippen LogP contribution in [0, 0.1) is 6.92 Å². The maximum Gasteiger partial charge on any atom is 0.328 e. The molecule has 7 heteroatoms. The molecule has 0 aliphatic carbocycles. The van der Waals surface area contributed by atoms with Crippen LogP contribution in [-0.4, -0.2) is 22.2 Å². The number of hydrogen-bond donors (Lipinski definition) is 1. The number of ether oxygens (including phenoxy) is 1. The topological polar surface area (TPSA) is 65.3 Å². The zero-order chi connectivity index (χ0) is 22.1. The lowest BCUT2D eigenvalue weighted by molar-refractivity contribution is 0.102. The summed E-state index contributed by atoms with van der Waals surface area (Å²) in [4.78, 5) is 27.2. The van der Waals surface area contributed by atoms with Crippen molar-refractivity contribution in [1.29, 1.82) is 0 Å². The third kappa shape index (κ3) is 4.09. The average molecular weight is 434 g/mol. The number of nitrogens with zero attached hydrogens (tertiary/aromatic N) is 2. The largest absolute Gasteiger partial charge is 0.497 e.